The summed E-state index contributed by atoms with van der Waals surface area (Å²) in [5, 5.41) is 21.5. The Morgan fingerprint density at radius 2 is 2.00 bits per heavy atom. The zero-order valence-electron chi connectivity index (χ0n) is 10.3. The monoisotopic (exact) mass is 265 g/mol. The summed E-state index contributed by atoms with van der Waals surface area (Å²) >= 11 is 0. The predicted molar refractivity (Wildman–Crippen MR) is 66.1 cm³/mol. The Labute approximate surface area is 110 Å². The Balaban J connectivity index is 2.06. The molecule has 0 bridgehead atoms. The molecule has 1 amide bonds. The number of hydrogen-bond acceptors (Lipinski definition) is 4. The van der Waals surface area contributed by atoms with E-state index in [9.17, 15) is 14.7 Å². The lowest BCUT2D eigenvalue weighted by Gasteiger charge is -2.20. The van der Waals surface area contributed by atoms with Crippen LogP contribution in [0.3, 0.4) is 0 Å². The molecule has 1 aliphatic heterocycles. The minimum absolute atomic E-state index is 0.0415. The maximum atomic E-state index is 11.9. The molecule has 1 unspecified atom stereocenters. The van der Waals surface area contributed by atoms with Gasteiger partial charge in [-0.15, -0.1) is 0 Å². The van der Waals surface area contributed by atoms with E-state index in [1.165, 1.54) is 12.1 Å². The molecule has 1 atom stereocenters. The van der Waals surface area contributed by atoms with Gasteiger partial charge in [0, 0.05) is 19.6 Å². The Hall–Kier alpha value is -1.92. The van der Waals surface area contributed by atoms with E-state index in [-0.39, 0.29) is 24.3 Å². The van der Waals surface area contributed by atoms with Crippen LogP contribution in [0.15, 0.2) is 24.3 Å². The molecule has 1 aromatic carbocycles. The quantitative estimate of drug-likeness (QED) is 0.726. The fraction of sp³-hybridized carbons (Fsp3) is 0.385. The number of benzene rings is 1. The van der Waals surface area contributed by atoms with Crippen LogP contribution in [0.4, 0.5) is 0 Å². The van der Waals surface area contributed by atoms with Crippen LogP contribution in [0.5, 0.6) is 0 Å². The third-order valence-corrected chi connectivity index (χ3v) is 3.06. The summed E-state index contributed by atoms with van der Waals surface area (Å²) in [4.78, 5) is 22.9. The SMILES string of the molecule is O=C(O)c1ccccc1C(=O)NCC1(O)CCOC1. The molecule has 0 saturated carbocycles. The summed E-state index contributed by atoms with van der Waals surface area (Å²) < 4.78 is 5.06. The molecule has 1 aromatic rings. The summed E-state index contributed by atoms with van der Waals surface area (Å²) in [5.74, 6) is -1.67. The number of aliphatic hydroxyl groups is 1. The second-order valence-electron chi connectivity index (χ2n) is 4.56. The van der Waals surface area contributed by atoms with Gasteiger partial charge in [0.2, 0.25) is 0 Å². The second kappa shape index (κ2) is 5.38. The molecule has 0 aliphatic carbocycles. The molecule has 0 aromatic heterocycles. The summed E-state index contributed by atoms with van der Waals surface area (Å²) in [6.45, 7) is 0.672. The topological polar surface area (TPSA) is 95.9 Å². The fourth-order valence-corrected chi connectivity index (χ4v) is 1.94. The first-order valence-electron chi connectivity index (χ1n) is 5.92. The van der Waals surface area contributed by atoms with Crippen LogP contribution in [0.25, 0.3) is 0 Å². The third kappa shape index (κ3) is 3.10. The minimum atomic E-state index is -1.16. The lowest BCUT2D eigenvalue weighted by Crippen LogP contribution is -2.43. The molecule has 1 heterocycles. The molecule has 6 heteroatoms. The molecule has 2 rings (SSSR count). The first kappa shape index (κ1) is 13.5. The van der Waals surface area contributed by atoms with Crippen LogP contribution in [0.1, 0.15) is 27.1 Å². The van der Waals surface area contributed by atoms with Crippen molar-refractivity contribution in [1.82, 2.24) is 5.32 Å². The van der Waals surface area contributed by atoms with Gasteiger partial charge < -0.3 is 20.3 Å². The van der Waals surface area contributed by atoms with E-state index in [1.807, 2.05) is 0 Å². The normalized spacial score (nSPS) is 22.2. The van der Waals surface area contributed by atoms with Gasteiger partial charge in [0.15, 0.2) is 0 Å². The smallest absolute Gasteiger partial charge is 0.336 e. The van der Waals surface area contributed by atoms with Gasteiger partial charge in [-0.25, -0.2) is 4.79 Å². The molecule has 102 valence electrons. The van der Waals surface area contributed by atoms with E-state index >= 15 is 0 Å². The molecular formula is C13H15NO5. The van der Waals surface area contributed by atoms with E-state index < -0.39 is 17.5 Å². The van der Waals surface area contributed by atoms with Crippen molar-refractivity contribution in [3.63, 3.8) is 0 Å². The molecular weight excluding hydrogens is 250 g/mol. The van der Waals surface area contributed by atoms with E-state index in [4.69, 9.17) is 9.84 Å². The first-order chi connectivity index (χ1) is 9.02. The van der Waals surface area contributed by atoms with Crippen molar-refractivity contribution in [2.24, 2.45) is 0 Å². The number of carbonyl (C=O) groups excluding carboxylic acids is 1. The molecule has 1 fully saturated rings. The Morgan fingerprint density at radius 1 is 1.32 bits per heavy atom. The molecule has 1 saturated heterocycles. The van der Waals surface area contributed by atoms with E-state index in [2.05, 4.69) is 5.32 Å². The minimum Gasteiger partial charge on any atom is -0.478 e. The molecule has 6 nitrogen and oxygen atoms in total. The van der Waals surface area contributed by atoms with Crippen LogP contribution in [-0.4, -0.2) is 47.4 Å². The highest BCUT2D eigenvalue weighted by molar-refractivity contribution is 6.04. The highest BCUT2D eigenvalue weighted by atomic mass is 16.5. The number of aromatic carboxylic acids is 1. The van der Waals surface area contributed by atoms with Crippen molar-refractivity contribution in [1.29, 1.82) is 0 Å². The van der Waals surface area contributed by atoms with Crippen molar-refractivity contribution in [2.75, 3.05) is 19.8 Å². The van der Waals surface area contributed by atoms with Crippen LogP contribution in [0, 0.1) is 0 Å². The summed E-state index contributed by atoms with van der Waals surface area (Å²) in [6.07, 6.45) is 0.452. The zero-order chi connectivity index (χ0) is 13.9. The molecule has 3 N–H and O–H groups in total. The fourth-order valence-electron chi connectivity index (χ4n) is 1.94. The van der Waals surface area contributed by atoms with Crippen LogP contribution < -0.4 is 5.32 Å². The maximum Gasteiger partial charge on any atom is 0.336 e. The van der Waals surface area contributed by atoms with Crippen molar-refractivity contribution in [2.45, 2.75) is 12.0 Å². The summed E-state index contributed by atoms with van der Waals surface area (Å²) in [7, 11) is 0. The van der Waals surface area contributed by atoms with Crippen molar-refractivity contribution < 1.29 is 24.5 Å². The number of hydrogen-bond donors (Lipinski definition) is 3. The predicted octanol–water partition coefficient (Wildman–Crippen LogP) is 0.266. The number of ether oxygens (including phenoxy) is 1. The number of carbonyl (C=O) groups is 2. The Bertz CT molecular complexity index is 494. The Kier molecular flexibility index (Phi) is 3.82. The second-order valence-corrected chi connectivity index (χ2v) is 4.56. The van der Waals surface area contributed by atoms with E-state index in [0.717, 1.165) is 0 Å². The number of carboxylic acid groups (broad SMARTS) is 1. The first-order valence-corrected chi connectivity index (χ1v) is 5.92. The maximum absolute atomic E-state index is 11.9. The highest BCUT2D eigenvalue weighted by Gasteiger charge is 2.32. The van der Waals surface area contributed by atoms with Gasteiger partial charge in [0.25, 0.3) is 5.91 Å². The van der Waals surface area contributed by atoms with Crippen molar-refractivity contribution in [3.05, 3.63) is 35.4 Å². The summed E-state index contributed by atoms with van der Waals surface area (Å²) in [6, 6.07) is 5.95. The highest BCUT2D eigenvalue weighted by Crippen LogP contribution is 2.17. The molecule has 0 radical (unpaired) electrons. The molecule has 0 spiro atoms. The van der Waals surface area contributed by atoms with Crippen LogP contribution in [-0.2, 0) is 4.74 Å². The summed E-state index contributed by atoms with van der Waals surface area (Å²) in [5.41, 5.74) is -1.04. The van der Waals surface area contributed by atoms with Gasteiger partial charge in [-0.3, -0.25) is 4.79 Å². The third-order valence-electron chi connectivity index (χ3n) is 3.06. The van der Waals surface area contributed by atoms with Gasteiger partial charge in [0.05, 0.1) is 17.7 Å². The Morgan fingerprint density at radius 3 is 2.58 bits per heavy atom. The van der Waals surface area contributed by atoms with Crippen molar-refractivity contribution >= 4 is 11.9 Å². The number of carboxylic acids is 1. The van der Waals surface area contributed by atoms with Gasteiger partial charge in [0.1, 0.15) is 5.60 Å². The zero-order valence-corrected chi connectivity index (χ0v) is 10.3. The van der Waals surface area contributed by atoms with Gasteiger partial charge in [-0.2, -0.15) is 0 Å². The van der Waals surface area contributed by atoms with Crippen LogP contribution >= 0.6 is 0 Å². The van der Waals surface area contributed by atoms with E-state index in [0.29, 0.717) is 13.0 Å². The lowest BCUT2D eigenvalue weighted by atomic mass is 10.0. The van der Waals surface area contributed by atoms with Gasteiger partial charge >= 0.3 is 5.97 Å². The lowest BCUT2D eigenvalue weighted by molar-refractivity contribution is 0.0264. The number of amides is 1. The van der Waals surface area contributed by atoms with Gasteiger partial charge in [-0.05, 0) is 12.1 Å². The van der Waals surface area contributed by atoms with E-state index in [1.54, 1.807) is 12.1 Å². The number of nitrogens with one attached hydrogen (secondary N) is 1. The largest absolute Gasteiger partial charge is 0.478 e. The molecule has 19 heavy (non-hydrogen) atoms. The average molecular weight is 265 g/mol. The van der Waals surface area contributed by atoms with Crippen molar-refractivity contribution in [3.8, 4) is 0 Å². The molecule has 1 aliphatic rings. The number of rotatable bonds is 4. The van der Waals surface area contributed by atoms with Gasteiger partial charge in [-0.1, -0.05) is 12.1 Å². The average Bonchev–Trinajstić information content (AvgIpc) is 2.83. The standard InChI is InChI=1S/C13H15NO5/c15-11(14-7-13(18)5-6-19-8-13)9-3-1-2-4-10(9)12(16)17/h1-4,18H,5-8H2,(H,14,15)(H,16,17). The van der Waals surface area contributed by atoms with Crippen LogP contribution in [0.2, 0.25) is 0 Å².